The minimum atomic E-state index is -0.306. The van der Waals surface area contributed by atoms with E-state index < -0.39 is 0 Å². The van der Waals surface area contributed by atoms with Gasteiger partial charge in [-0.15, -0.1) is 0 Å². The molecular weight excluding hydrogens is 309 g/mol. The zero-order valence-electron chi connectivity index (χ0n) is 14.5. The van der Waals surface area contributed by atoms with Gasteiger partial charge in [0.15, 0.2) is 0 Å². The Kier molecular flexibility index (Phi) is 7.31. The maximum atomic E-state index is 13.3. The third kappa shape index (κ3) is 5.09. The van der Waals surface area contributed by atoms with E-state index in [0.717, 1.165) is 51.0 Å². The summed E-state index contributed by atoms with van der Waals surface area (Å²) in [6.45, 7) is 3.59. The molecule has 134 valence electrons. The van der Waals surface area contributed by atoms with Crippen LogP contribution in [0.4, 0.5) is 10.1 Å². The largest absolute Gasteiger partial charge is 0.494 e. The Balaban J connectivity index is 1.80. The van der Waals surface area contributed by atoms with Crippen LogP contribution in [0.3, 0.4) is 0 Å². The second-order valence-electron chi connectivity index (χ2n) is 6.14. The standard InChI is InChI=1S/C18H28FN3O2/c1-24-17-14-15(19)7-8-16(17)21-10-12-22(13-11-21)18(23)6-4-2-3-5-9-20/h7-8,14H,2-6,9-13,20H2,1H3. The molecule has 0 bridgehead atoms. The number of nitrogens with zero attached hydrogens (tertiary/aromatic N) is 2. The topological polar surface area (TPSA) is 58.8 Å². The number of rotatable bonds is 8. The number of carbonyl (C=O) groups excluding carboxylic acids is 1. The summed E-state index contributed by atoms with van der Waals surface area (Å²) < 4.78 is 18.6. The van der Waals surface area contributed by atoms with Gasteiger partial charge in [0.2, 0.25) is 5.91 Å². The van der Waals surface area contributed by atoms with E-state index in [1.54, 1.807) is 13.2 Å². The highest BCUT2D eigenvalue weighted by molar-refractivity contribution is 5.76. The highest BCUT2D eigenvalue weighted by Crippen LogP contribution is 2.29. The van der Waals surface area contributed by atoms with Crippen LogP contribution >= 0.6 is 0 Å². The average molecular weight is 337 g/mol. The summed E-state index contributed by atoms with van der Waals surface area (Å²) in [6.07, 6.45) is 4.75. The smallest absolute Gasteiger partial charge is 0.222 e. The Morgan fingerprint density at radius 3 is 2.54 bits per heavy atom. The van der Waals surface area contributed by atoms with Crippen LogP contribution in [0.5, 0.6) is 5.75 Å². The van der Waals surface area contributed by atoms with Crippen molar-refractivity contribution in [2.75, 3.05) is 44.7 Å². The Morgan fingerprint density at radius 1 is 1.17 bits per heavy atom. The lowest BCUT2D eigenvalue weighted by Gasteiger charge is -2.36. The molecule has 0 saturated carbocycles. The van der Waals surface area contributed by atoms with Gasteiger partial charge in [0.25, 0.3) is 0 Å². The van der Waals surface area contributed by atoms with E-state index in [0.29, 0.717) is 25.3 Å². The monoisotopic (exact) mass is 337 g/mol. The summed E-state index contributed by atoms with van der Waals surface area (Å²) in [5.41, 5.74) is 6.35. The number of ether oxygens (including phenoxy) is 1. The molecule has 1 saturated heterocycles. The molecule has 2 rings (SSSR count). The quantitative estimate of drug-likeness (QED) is 0.740. The highest BCUT2D eigenvalue weighted by Gasteiger charge is 2.22. The third-order valence-corrected chi connectivity index (χ3v) is 4.46. The Labute approximate surface area is 143 Å². The molecule has 24 heavy (non-hydrogen) atoms. The van der Waals surface area contributed by atoms with Gasteiger partial charge in [-0.2, -0.15) is 0 Å². The lowest BCUT2D eigenvalue weighted by Crippen LogP contribution is -2.48. The number of methoxy groups -OCH3 is 1. The molecule has 0 aromatic heterocycles. The lowest BCUT2D eigenvalue weighted by atomic mass is 10.1. The Morgan fingerprint density at radius 2 is 1.88 bits per heavy atom. The zero-order chi connectivity index (χ0) is 17.4. The lowest BCUT2D eigenvalue weighted by molar-refractivity contribution is -0.131. The van der Waals surface area contributed by atoms with Gasteiger partial charge in [0.1, 0.15) is 11.6 Å². The third-order valence-electron chi connectivity index (χ3n) is 4.46. The fraction of sp³-hybridized carbons (Fsp3) is 0.611. The fourth-order valence-electron chi connectivity index (χ4n) is 3.04. The van der Waals surface area contributed by atoms with Crippen molar-refractivity contribution in [3.05, 3.63) is 24.0 Å². The van der Waals surface area contributed by atoms with Gasteiger partial charge in [-0.3, -0.25) is 4.79 Å². The summed E-state index contributed by atoms with van der Waals surface area (Å²) in [5.74, 6) is 0.460. The fourth-order valence-corrected chi connectivity index (χ4v) is 3.04. The molecule has 0 aliphatic carbocycles. The maximum Gasteiger partial charge on any atom is 0.222 e. The van der Waals surface area contributed by atoms with E-state index in [-0.39, 0.29) is 11.7 Å². The zero-order valence-corrected chi connectivity index (χ0v) is 14.5. The van der Waals surface area contributed by atoms with Crippen molar-refractivity contribution in [2.24, 2.45) is 5.73 Å². The number of amides is 1. The van der Waals surface area contributed by atoms with Crippen molar-refractivity contribution in [3.8, 4) is 5.75 Å². The van der Waals surface area contributed by atoms with E-state index in [4.69, 9.17) is 10.5 Å². The van der Waals surface area contributed by atoms with E-state index in [2.05, 4.69) is 4.90 Å². The highest BCUT2D eigenvalue weighted by atomic mass is 19.1. The first-order chi connectivity index (χ1) is 11.7. The van der Waals surface area contributed by atoms with E-state index in [1.807, 2.05) is 4.90 Å². The molecule has 1 aromatic rings. The van der Waals surface area contributed by atoms with E-state index >= 15 is 0 Å². The van der Waals surface area contributed by atoms with Gasteiger partial charge in [0, 0.05) is 38.7 Å². The molecule has 0 radical (unpaired) electrons. The van der Waals surface area contributed by atoms with Crippen molar-refractivity contribution in [2.45, 2.75) is 32.1 Å². The SMILES string of the molecule is COc1cc(F)ccc1N1CCN(C(=O)CCCCCCN)CC1. The number of hydrogen-bond acceptors (Lipinski definition) is 4. The Bertz CT molecular complexity index is 531. The predicted octanol–water partition coefficient (Wildman–Crippen LogP) is 2.39. The van der Waals surface area contributed by atoms with E-state index in [9.17, 15) is 9.18 Å². The summed E-state index contributed by atoms with van der Waals surface area (Å²) in [4.78, 5) is 16.3. The maximum absolute atomic E-state index is 13.3. The van der Waals surface area contributed by atoms with Crippen LogP contribution in [0.25, 0.3) is 0 Å². The van der Waals surface area contributed by atoms with Gasteiger partial charge >= 0.3 is 0 Å². The molecule has 0 atom stereocenters. The number of nitrogens with two attached hydrogens (primary N) is 1. The molecule has 0 unspecified atom stereocenters. The van der Waals surface area contributed by atoms with Crippen LogP contribution in [-0.4, -0.2) is 50.6 Å². The molecule has 1 aromatic carbocycles. The van der Waals surface area contributed by atoms with Gasteiger partial charge in [0.05, 0.1) is 12.8 Å². The van der Waals surface area contributed by atoms with Crippen molar-refractivity contribution < 1.29 is 13.9 Å². The Hall–Kier alpha value is -1.82. The molecule has 1 fully saturated rings. The summed E-state index contributed by atoms with van der Waals surface area (Å²) >= 11 is 0. The normalized spacial score (nSPS) is 14.8. The number of benzene rings is 1. The molecule has 0 spiro atoms. The van der Waals surface area contributed by atoms with Gasteiger partial charge in [-0.05, 0) is 31.5 Å². The molecule has 1 amide bonds. The van der Waals surface area contributed by atoms with Crippen molar-refractivity contribution in [1.82, 2.24) is 4.90 Å². The first-order valence-corrected chi connectivity index (χ1v) is 8.72. The molecule has 1 aliphatic heterocycles. The molecule has 1 aliphatic rings. The van der Waals surface area contributed by atoms with E-state index in [1.165, 1.54) is 12.1 Å². The van der Waals surface area contributed by atoms with Gasteiger partial charge in [-0.1, -0.05) is 12.8 Å². The molecule has 2 N–H and O–H groups in total. The summed E-state index contributed by atoms with van der Waals surface area (Å²) in [5, 5.41) is 0. The number of halogens is 1. The summed E-state index contributed by atoms with van der Waals surface area (Å²) in [7, 11) is 1.54. The number of anilines is 1. The molecule has 5 nitrogen and oxygen atoms in total. The summed E-state index contributed by atoms with van der Waals surface area (Å²) in [6, 6.07) is 4.58. The second-order valence-corrected chi connectivity index (χ2v) is 6.14. The molecule has 6 heteroatoms. The van der Waals surface area contributed by atoms with Crippen LogP contribution in [0.15, 0.2) is 18.2 Å². The van der Waals surface area contributed by atoms with Crippen LogP contribution in [0.2, 0.25) is 0 Å². The molecular formula is C18H28FN3O2. The first kappa shape index (κ1) is 18.5. The average Bonchev–Trinajstić information content (AvgIpc) is 2.61. The van der Waals surface area contributed by atoms with Crippen molar-refractivity contribution in [1.29, 1.82) is 0 Å². The number of piperazine rings is 1. The van der Waals surface area contributed by atoms with Crippen LogP contribution < -0.4 is 15.4 Å². The van der Waals surface area contributed by atoms with Crippen molar-refractivity contribution in [3.63, 3.8) is 0 Å². The molecule has 1 heterocycles. The predicted molar refractivity (Wildman–Crippen MR) is 93.9 cm³/mol. The second kappa shape index (κ2) is 9.47. The number of hydrogen-bond donors (Lipinski definition) is 1. The van der Waals surface area contributed by atoms with Crippen LogP contribution in [0, 0.1) is 5.82 Å². The minimum Gasteiger partial charge on any atom is -0.494 e. The number of unbranched alkanes of at least 4 members (excludes halogenated alkanes) is 3. The van der Waals surface area contributed by atoms with Crippen molar-refractivity contribution >= 4 is 11.6 Å². The van der Waals surface area contributed by atoms with Gasteiger partial charge in [-0.25, -0.2) is 4.39 Å². The minimum absolute atomic E-state index is 0.230. The van der Waals surface area contributed by atoms with Gasteiger partial charge < -0.3 is 20.3 Å². The number of carbonyl (C=O) groups is 1. The van der Waals surface area contributed by atoms with Crippen LogP contribution in [0.1, 0.15) is 32.1 Å². The first-order valence-electron chi connectivity index (χ1n) is 8.72. The van der Waals surface area contributed by atoms with Crippen LogP contribution in [-0.2, 0) is 4.79 Å².